The lowest BCUT2D eigenvalue weighted by Crippen LogP contribution is -2.22. The van der Waals surface area contributed by atoms with Gasteiger partial charge in [-0.2, -0.15) is 0 Å². The smallest absolute Gasteiger partial charge is 0.375 e. The van der Waals surface area contributed by atoms with E-state index in [0.717, 1.165) is 24.0 Å². The highest BCUT2D eigenvalue weighted by molar-refractivity contribution is 7.90. The predicted octanol–water partition coefficient (Wildman–Crippen LogP) is 4.23. The molecule has 2 heterocycles. The lowest BCUT2D eigenvalue weighted by molar-refractivity contribution is -0.145. The van der Waals surface area contributed by atoms with Crippen molar-refractivity contribution >= 4 is 32.7 Å². The molecule has 1 aromatic heterocycles. The number of sulfone groups is 1. The molecule has 0 bridgehead atoms. The molecule has 0 aliphatic carbocycles. The van der Waals surface area contributed by atoms with E-state index in [2.05, 4.69) is 6.92 Å². The minimum atomic E-state index is -3.29. The van der Waals surface area contributed by atoms with Crippen LogP contribution in [0.1, 0.15) is 37.6 Å². The summed E-state index contributed by atoms with van der Waals surface area (Å²) in [7, 11) is -3.29. The second kappa shape index (κ2) is 7.13. The molecule has 1 aliphatic heterocycles. The number of carbonyl (C=O) groups is 1. The summed E-state index contributed by atoms with van der Waals surface area (Å²) in [5.74, 6) is 0.301. The SMILES string of the molecule is CCCc1sccc1OC1=C(c2ccc(S(C)(=O)=O)cc2)C(C)(C)OC1=O. The molecule has 0 radical (unpaired) electrons. The van der Waals surface area contributed by atoms with E-state index in [1.54, 1.807) is 37.3 Å². The molecule has 0 fully saturated rings. The van der Waals surface area contributed by atoms with E-state index in [9.17, 15) is 13.2 Å². The average molecular weight is 407 g/mol. The van der Waals surface area contributed by atoms with Gasteiger partial charge < -0.3 is 9.47 Å². The third-order valence-corrected chi connectivity index (χ3v) is 6.42. The van der Waals surface area contributed by atoms with Crippen molar-refractivity contribution in [3.63, 3.8) is 0 Å². The standard InChI is InChI=1S/C20H22O5S2/c1-5-6-16-15(11-12-26-16)24-18-17(20(2,3)25-19(18)21)13-7-9-14(10-8-13)27(4,22)23/h7-12H,5-6H2,1-4H3. The molecule has 0 amide bonds. The van der Waals surface area contributed by atoms with E-state index < -0.39 is 21.4 Å². The van der Waals surface area contributed by atoms with Gasteiger partial charge in [0, 0.05) is 11.1 Å². The largest absolute Gasteiger partial charge is 0.449 e. The number of esters is 1. The number of carbonyl (C=O) groups excluding carboxylic acids is 1. The maximum Gasteiger partial charge on any atom is 0.375 e. The number of ether oxygens (including phenoxy) is 2. The Morgan fingerprint density at radius 1 is 1.15 bits per heavy atom. The zero-order chi connectivity index (χ0) is 19.8. The summed E-state index contributed by atoms with van der Waals surface area (Å²) >= 11 is 1.59. The Balaban J connectivity index is 2.06. The number of thiophene rings is 1. The molecule has 3 rings (SSSR count). The number of benzene rings is 1. The summed E-state index contributed by atoms with van der Waals surface area (Å²) in [6.07, 6.45) is 3.01. The average Bonchev–Trinajstić information content (AvgIpc) is 3.09. The number of hydrogen-bond donors (Lipinski definition) is 0. The van der Waals surface area contributed by atoms with Crippen LogP contribution in [0.5, 0.6) is 5.75 Å². The monoisotopic (exact) mass is 406 g/mol. The third kappa shape index (κ3) is 3.94. The molecule has 0 spiro atoms. The molecule has 0 atom stereocenters. The van der Waals surface area contributed by atoms with Crippen molar-refractivity contribution in [1.29, 1.82) is 0 Å². The molecule has 2 aromatic rings. The first-order valence-corrected chi connectivity index (χ1v) is 11.4. The molecular formula is C20H22O5S2. The summed E-state index contributed by atoms with van der Waals surface area (Å²) in [6.45, 7) is 5.67. The molecule has 7 heteroatoms. The van der Waals surface area contributed by atoms with Gasteiger partial charge in [0.2, 0.25) is 5.76 Å². The van der Waals surface area contributed by atoms with Crippen LogP contribution in [0.25, 0.3) is 5.57 Å². The van der Waals surface area contributed by atoms with Crippen LogP contribution >= 0.6 is 11.3 Å². The second-order valence-corrected chi connectivity index (χ2v) is 9.98. The first kappa shape index (κ1) is 19.6. The summed E-state index contributed by atoms with van der Waals surface area (Å²) in [5, 5.41) is 1.94. The Morgan fingerprint density at radius 2 is 1.81 bits per heavy atom. The Morgan fingerprint density at radius 3 is 2.41 bits per heavy atom. The fourth-order valence-electron chi connectivity index (χ4n) is 3.08. The fourth-order valence-corrected chi connectivity index (χ4v) is 4.62. The van der Waals surface area contributed by atoms with E-state index in [1.165, 1.54) is 12.1 Å². The van der Waals surface area contributed by atoms with E-state index in [-0.39, 0.29) is 10.7 Å². The van der Waals surface area contributed by atoms with Crippen LogP contribution in [0.15, 0.2) is 46.4 Å². The van der Waals surface area contributed by atoms with Gasteiger partial charge in [0.25, 0.3) is 0 Å². The lowest BCUT2D eigenvalue weighted by Gasteiger charge is -2.21. The minimum Gasteiger partial charge on any atom is -0.449 e. The molecular weight excluding hydrogens is 384 g/mol. The summed E-state index contributed by atoms with van der Waals surface area (Å²) in [4.78, 5) is 13.8. The molecule has 1 aromatic carbocycles. The zero-order valence-electron chi connectivity index (χ0n) is 15.7. The van der Waals surface area contributed by atoms with E-state index in [0.29, 0.717) is 16.9 Å². The lowest BCUT2D eigenvalue weighted by atomic mass is 9.92. The Kier molecular flexibility index (Phi) is 5.18. The first-order valence-electron chi connectivity index (χ1n) is 8.66. The van der Waals surface area contributed by atoms with Crippen LogP contribution in [-0.4, -0.2) is 26.2 Å². The number of aryl methyl sites for hydroxylation is 1. The maximum atomic E-state index is 12.5. The van der Waals surface area contributed by atoms with Crippen LogP contribution in [-0.2, 0) is 25.8 Å². The highest BCUT2D eigenvalue weighted by Gasteiger charge is 2.43. The van der Waals surface area contributed by atoms with Crippen molar-refractivity contribution in [1.82, 2.24) is 0 Å². The number of rotatable bonds is 6. The van der Waals surface area contributed by atoms with Crippen LogP contribution in [0.2, 0.25) is 0 Å². The van der Waals surface area contributed by atoms with Crippen LogP contribution in [0, 0.1) is 0 Å². The molecule has 144 valence electrons. The van der Waals surface area contributed by atoms with Crippen LogP contribution in [0.4, 0.5) is 0 Å². The third-order valence-electron chi connectivity index (χ3n) is 4.33. The van der Waals surface area contributed by atoms with Gasteiger partial charge >= 0.3 is 5.97 Å². The molecule has 0 saturated heterocycles. The van der Waals surface area contributed by atoms with Crippen LogP contribution < -0.4 is 4.74 Å². The highest BCUT2D eigenvalue weighted by Crippen LogP contribution is 2.41. The van der Waals surface area contributed by atoms with Crippen molar-refractivity contribution in [2.24, 2.45) is 0 Å². The second-order valence-electron chi connectivity index (χ2n) is 6.96. The minimum absolute atomic E-state index is 0.155. The molecule has 5 nitrogen and oxygen atoms in total. The van der Waals surface area contributed by atoms with Gasteiger partial charge in [0.15, 0.2) is 9.84 Å². The Bertz CT molecular complexity index is 995. The summed E-state index contributed by atoms with van der Waals surface area (Å²) in [6, 6.07) is 8.27. The summed E-state index contributed by atoms with van der Waals surface area (Å²) < 4.78 is 34.9. The molecule has 0 unspecified atom stereocenters. The molecule has 27 heavy (non-hydrogen) atoms. The topological polar surface area (TPSA) is 69.7 Å². The van der Waals surface area contributed by atoms with E-state index >= 15 is 0 Å². The zero-order valence-corrected chi connectivity index (χ0v) is 17.4. The number of cyclic esters (lactones) is 1. The van der Waals surface area contributed by atoms with Gasteiger partial charge in [-0.3, -0.25) is 0 Å². The van der Waals surface area contributed by atoms with Crippen molar-refractivity contribution in [2.45, 2.75) is 44.1 Å². The molecule has 0 N–H and O–H groups in total. The van der Waals surface area contributed by atoms with E-state index in [4.69, 9.17) is 9.47 Å². The van der Waals surface area contributed by atoms with Crippen molar-refractivity contribution in [2.75, 3.05) is 6.26 Å². The van der Waals surface area contributed by atoms with Crippen molar-refractivity contribution in [3.8, 4) is 5.75 Å². The fraction of sp³-hybridized carbons (Fsp3) is 0.350. The number of hydrogen-bond acceptors (Lipinski definition) is 6. The Labute approximate surface area is 163 Å². The first-order chi connectivity index (χ1) is 12.6. The quantitative estimate of drug-likeness (QED) is 0.672. The van der Waals surface area contributed by atoms with Gasteiger partial charge in [0.05, 0.1) is 10.5 Å². The molecule has 0 saturated carbocycles. The molecule has 1 aliphatic rings. The van der Waals surface area contributed by atoms with Crippen molar-refractivity contribution < 1.29 is 22.7 Å². The highest BCUT2D eigenvalue weighted by atomic mass is 32.2. The van der Waals surface area contributed by atoms with Crippen molar-refractivity contribution in [3.05, 3.63) is 51.9 Å². The van der Waals surface area contributed by atoms with Gasteiger partial charge in [-0.15, -0.1) is 11.3 Å². The van der Waals surface area contributed by atoms with Gasteiger partial charge in [-0.25, -0.2) is 13.2 Å². The van der Waals surface area contributed by atoms with Gasteiger partial charge in [0.1, 0.15) is 11.4 Å². The van der Waals surface area contributed by atoms with Gasteiger partial charge in [-0.1, -0.05) is 25.5 Å². The van der Waals surface area contributed by atoms with E-state index in [1.807, 2.05) is 11.4 Å². The predicted molar refractivity (Wildman–Crippen MR) is 106 cm³/mol. The Hall–Kier alpha value is -2.12. The maximum absolute atomic E-state index is 12.5. The summed E-state index contributed by atoms with van der Waals surface area (Å²) in [5.41, 5.74) is 0.432. The van der Waals surface area contributed by atoms with Gasteiger partial charge in [-0.05, 0) is 49.4 Å². The van der Waals surface area contributed by atoms with Crippen LogP contribution in [0.3, 0.4) is 0 Å². The normalized spacial score (nSPS) is 16.5.